The first-order chi connectivity index (χ1) is 11.2. The Morgan fingerprint density at radius 3 is 2.04 bits per heavy atom. The molecule has 0 amide bonds. The molecule has 1 aromatic heterocycles. The van der Waals surface area contributed by atoms with Crippen LogP contribution in [0.15, 0.2) is 63.8 Å². The van der Waals surface area contributed by atoms with Gasteiger partial charge in [-0.15, -0.1) is 0 Å². The molecule has 0 aliphatic carbocycles. The third-order valence-corrected chi connectivity index (χ3v) is 6.16. The summed E-state index contributed by atoms with van der Waals surface area (Å²) in [6.45, 7) is 4.57. The molecule has 0 aliphatic rings. The van der Waals surface area contributed by atoms with Crippen molar-refractivity contribution >= 4 is 32.1 Å². The smallest absolute Gasteiger partial charge is 0.235 e. The molecule has 3 rings (SSSR count). The molecule has 6 heteroatoms. The summed E-state index contributed by atoms with van der Waals surface area (Å²) in [5, 5.41) is 10.3. The molecule has 0 saturated heterocycles. The van der Waals surface area contributed by atoms with E-state index in [1.165, 1.54) is 8.87 Å². The topological polar surface area (TPSA) is 50.4 Å². The maximum Gasteiger partial charge on any atom is 0.235 e. The Balaban J connectivity index is 0.000000734. The Hall–Kier alpha value is -1.17. The van der Waals surface area contributed by atoms with Gasteiger partial charge in [0.25, 0.3) is 0 Å². The standard InChI is InChI=1S/C15H10O3.2C2H5.2ClH.Sn/c16-13-11-8-4-5-9-12(11)18-15(14(13)17)10-6-2-1-3-7-10;2*1-2;;;/h1-9,17H;2*1H2,2H3;2*1H;/q;;;;;+2/p-2. The van der Waals surface area contributed by atoms with Gasteiger partial charge in [-0.2, -0.15) is 0 Å². The monoisotopic (exact) mass is 486 g/mol. The third kappa shape index (κ3) is 6.24. The average Bonchev–Trinajstić information content (AvgIpc) is 2.60. The third-order valence-electron chi connectivity index (χ3n) is 3.31. The van der Waals surface area contributed by atoms with Crippen molar-refractivity contribution in [2.45, 2.75) is 22.7 Å². The number of halogens is 2. The second kappa shape index (κ2) is 12.2. The number of rotatable bonds is 3. The van der Waals surface area contributed by atoms with Crippen LogP contribution in [0.5, 0.6) is 5.75 Å². The second-order valence-electron chi connectivity index (χ2n) is 4.93. The van der Waals surface area contributed by atoms with Gasteiger partial charge in [0.2, 0.25) is 11.2 Å². The molecule has 1 N–H and O–H groups in total. The molecule has 1 heterocycles. The van der Waals surface area contributed by atoms with Crippen LogP contribution in [0.25, 0.3) is 22.3 Å². The maximum atomic E-state index is 12.0. The number of para-hydroxylation sites is 1. The Morgan fingerprint density at radius 1 is 0.920 bits per heavy atom. The fourth-order valence-corrected chi connectivity index (χ4v) is 3.59. The molecule has 2 aromatic carbocycles. The average molecular weight is 486 g/mol. The van der Waals surface area contributed by atoms with E-state index < -0.39 is 5.43 Å². The van der Waals surface area contributed by atoms with E-state index >= 15 is 0 Å². The fourth-order valence-electron chi connectivity index (χ4n) is 2.17. The molecule has 0 saturated carbocycles. The van der Waals surface area contributed by atoms with E-state index in [4.69, 9.17) is 4.42 Å². The molecule has 0 aliphatic heterocycles. The van der Waals surface area contributed by atoms with Crippen molar-refractivity contribution in [2.75, 3.05) is 0 Å². The van der Waals surface area contributed by atoms with Crippen molar-refractivity contribution in [1.29, 1.82) is 0 Å². The van der Waals surface area contributed by atoms with E-state index in [1.54, 1.807) is 36.4 Å². The fraction of sp³-hybridized carbons (Fsp3) is 0.211. The summed E-state index contributed by atoms with van der Waals surface area (Å²) < 4.78 is 8.64. The van der Waals surface area contributed by atoms with Crippen LogP contribution in [0.2, 0.25) is 8.87 Å². The number of aromatic hydroxyl groups is 1. The van der Waals surface area contributed by atoms with Crippen LogP contribution in [-0.2, 0) is 0 Å². The van der Waals surface area contributed by atoms with Crippen LogP contribution in [-0.4, -0.2) is 26.2 Å². The van der Waals surface area contributed by atoms with Crippen molar-refractivity contribution in [3.63, 3.8) is 0 Å². The number of benzene rings is 2. The van der Waals surface area contributed by atoms with Crippen molar-refractivity contribution in [3.05, 3.63) is 64.8 Å². The SMILES string of the molecule is C[CH2][Sn+2][CH2]C.O=c1c(O)c(-c2ccccc2)oc2ccccc12.[Cl-].[Cl-]. The zero-order chi connectivity index (χ0) is 16.7. The van der Waals surface area contributed by atoms with E-state index in [9.17, 15) is 9.90 Å². The molecule has 0 unspecified atom stereocenters. The van der Waals surface area contributed by atoms with Crippen LogP contribution in [0, 0.1) is 0 Å². The van der Waals surface area contributed by atoms with Gasteiger partial charge < -0.3 is 34.3 Å². The molecule has 0 radical (unpaired) electrons. The van der Waals surface area contributed by atoms with E-state index in [-0.39, 0.29) is 57.5 Å². The number of hydrogen-bond donors (Lipinski definition) is 1. The first-order valence-corrected chi connectivity index (χ1v) is 11.7. The molecule has 0 bridgehead atoms. The summed E-state index contributed by atoms with van der Waals surface area (Å²) >= 11 is 0.218. The van der Waals surface area contributed by atoms with Crippen molar-refractivity contribution < 1.29 is 34.3 Å². The zero-order valence-electron chi connectivity index (χ0n) is 14.1. The summed E-state index contributed by atoms with van der Waals surface area (Å²) in [5.41, 5.74) is 0.743. The van der Waals surface area contributed by atoms with Crippen molar-refractivity contribution in [3.8, 4) is 17.1 Å². The van der Waals surface area contributed by atoms with Gasteiger partial charge >= 0.3 is 43.9 Å². The molecule has 25 heavy (non-hydrogen) atoms. The summed E-state index contributed by atoms with van der Waals surface area (Å²) in [6.07, 6.45) is 0. The molecule has 0 fully saturated rings. The van der Waals surface area contributed by atoms with Crippen LogP contribution in [0.4, 0.5) is 0 Å². The van der Waals surface area contributed by atoms with Gasteiger partial charge in [0.05, 0.1) is 5.39 Å². The minimum atomic E-state index is -0.407. The van der Waals surface area contributed by atoms with Gasteiger partial charge in [-0.1, -0.05) is 42.5 Å². The van der Waals surface area contributed by atoms with E-state index in [0.717, 1.165) is 0 Å². The number of hydrogen-bond acceptors (Lipinski definition) is 3. The Bertz CT molecular complexity index is 818. The molecular weight excluding hydrogens is 466 g/mol. The second-order valence-corrected chi connectivity index (χ2v) is 10.4. The Morgan fingerprint density at radius 2 is 1.48 bits per heavy atom. The van der Waals surface area contributed by atoms with Crippen molar-refractivity contribution in [2.24, 2.45) is 0 Å². The summed E-state index contributed by atoms with van der Waals surface area (Å²) in [7, 11) is 0. The molecular formula is C19H20Cl2O3Sn. The normalized spacial score (nSPS) is 9.04. The largest absolute Gasteiger partial charge is 1.00 e. The predicted octanol–water partition coefficient (Wildman–Crippen LogP) is -1.26. The quantitative estimate of drug-likeness (QED) is 0.471. The summed E-state index contributed by atoms with van der Waals surface area (Å²) in [4.78, 5) is 12.0. The zero-order valence-corrected chi connectivity index (χ0v) is 18.5. The number of fused-ring (bicyclic) bond motifs is 1. The molecule has 0 spiro atoms. The summed E-state index contributed by atoms with van der Waals surface area (Å²) in [6, 6.07) is 15.9. The molecule has 0 atom stereocenters. The first kappa shape index (κ1) is 23.8. The minimum Gasteiger partial charge on any atom is -1.00 e. The van der Waals surface area contributed by atoms with Gasteiger partial charge in [-0.25, -0.2) is 0 Å². The van der Waals surface area contributed by atoms with Gasteiger partial charge in [0.1, 0.15) is 5.58 Å². The van der Waals surface area contributed by atoms with Gasteiger partial charge in [-0.3, -0.25) is 4.79 Å². The first-order valence-electron chi connectivity index (χ1n) is 7.70. The van der Waals surface area contributed by atoms with E-state index in [0.29, 0.717) is 16.5 Å². The van der Waals surface area contributed by atoms with Crippen LogP contribution in [0.1, 0.15) is 13.8 Å². The van der Waals surface area contributed by atoms with Crippen LogP contribution < -0.4 is 30.2 Å². The van der Waals surface area contributed by atoms with Crippen molar-refractivity contribution in [1.82, 2.24) is 0 Å². The Kier molecular flexibility index (Phi) is 11.7. The summed E-state index contributed by atoms with van der Waals surface area (Å²) in [5.74, 6) is -0.140. The van der Waals surface area contributed by atoms with Crippen LogP contribution in [0.3, 0.4) is 0 Å². The van der Waals surface area contributed by atoms with Crippen LogP contribution >= 0.6 is 0 Å². The molecule has 3 aromatic rings. The Labute approximate surface area is 170 Å². The maximum absolute atomic E-state index is 12.0. The van der Waals surface area contributed by atoms with E-state index in [2.05, 4.69) is 13.8 Å². The molecule has 3 nitrogen and oxygen atoms in total. The van der Waals surface area contributed by atoms with Gasteiger partial charge in [0, 0.05) is 5.56 Å². The predicted molar refractivity (Wildman–Crippen MR) is 96.3 cm³/mol. The van der Waals surface area contributed by atoms with Gasteiger partial charge in [-0.05, 0) is 12.1 Å². The minimum absolute atomic E-state index is 0. The van der Waals surface area contributed by atoms with Gasteiger partial charge in [0.15, 0.2) is 5.76 Å². The van der Waals surface area contributed by atoms with E-state index in [1.807, 2.05) is 18.2 Å². The molecule has 132 valence electrons.